The van der Waals surface area contributed by atoms with Crippen LogP contribution in [0.3, 0.4) is 0 Å². The first-order valence-electron chi connectivity index (χ1n) is 12.2. The molecule has 2 atom stereocenters. The van der Waals surface area contributed by atoms with E-state index in [1.165, 1.54) is 16.7 Å². The normalized spacial score (nSPS) is 18.2. The molecule has 3 aromatic carbocycles. The maximum atomic E-state index is 13.3. The second-order valence-electron chi connectivity index (χ2n) is 8.96. The van der Waals surface area contributed by atoms with Crippen LogP contribution in [0.2, 0.25) is 5.02 Å². The fourth-order valence-electron chi connectivity index (χ4n) is 4.81. The van der Waals surface area contributed by atoms with Gasteiger partial charge in [-0.1, -0.05) is 78.3 Å². The van der Waals surface area contributed by atoms with Crippen LogP contribution in [0.4, 0.5) is 0 Å². The van der Waals surface area contributed by atoms with E-state index in [0.29, 0.717) is 0 Å². The Bertz CT molecular complexity index is 1070. The van der Waals surface area contributed by atoms with Crippen molar-refractivity contribution < 1.29 is 4.79 Å². The van der Waals surface area contributed by atoms with E-state index in [1.54, 1.807) is 0 Å². The van der Waals surface area contributed by atoms with Crippen LogP contribution < -0.4 is 5.32 Å². The molecular formula is C29H34ClN3O. The van der Waals surface area contributed by atoms with E-state index < -0.39 is 0 Å². The molecule has 3 aromatic rings. The van der Waals surface area contributed by atoms with Crippen molar-refractivity contribution in [3.05, 3.63) is 95.0 Å². The number of hydrogen-bond donors (Lipinski definition) is 1. The first-order chi connectivity index (χ1) is 16.6. The van der Waals surface area contributed by atoms with Gasteiger partial charge in [-0.05, 0) is 54.7 Å². The van der Waals surface area contributed by atoms with E-state index in [-0.39, 0.29) is 18.0 Å². The Hall–Kier alpha value is -2.66. The molecule has 5 heteroatoms. The van der Waals surface area contributed by atoms with Crippen molar-refractivity contribution in [2.45, 2.75) is 45.4 Å². The number of amides is 1. The van der Waals surface area contributed by atoms with Crippen molar-refractivity contribution in [1.82, 2.24) is 15.1 Å². The molecule has 1 heterocycles. The quantitative estimate of drug-likeness (QED) is 0.437. The van der Waals surface area contributed by atoms with E-state index in [9.17, 15) is 4.79 Å². The van der Waals surface area contributed by atoms with Crippen LogP contribution in [0.5, 0.6) is 0 Å². The first kappa shape index (κ1) is 24.5. The third-order valence-corrected chi connectivity index (χ3v) is 6.93. The number of likely N-dealkylation sites (tertiary alicyclic amines) is 1. The molecule has 0 saturated carbocycles. The molecule has 1 aliphatic rings. The van der Waals surface area contributed by atoms with Crippen molar-refractivity contribution in [2.24, 2.45) is 0 Å². The number of benzene rings is 3. The Balaban J connectivity index is 1.42. The number of carbonyl (C=O) groups excluding carboxylic acids is 1. The lowest BCUT2D eigenvalue weighted by molar-refractivity contribution is -0.135. The second kappa shape index (κ2) is 11.7. The lowest BCUT2D eigenvalue weighted by Crippen LogP contribution is -2.45. The molecular weight excluding hydrogens is 442 g/mol. The van der Waals surface area contributed by atoms with Crippen molar-refractivity contribution >= 4 is 17.5 Å². The number of carbonyl (C=O) groups is 1. The Morgan fingerprint density at radius 1 is 0.941 bits per heavy atom. The van der Waals surface area contributed by atoms with Gasteiger partial charge in [0.05, 0.1) is 6.04 Å². The number of nitrogens with one attached hydrogen (secondary N) is 1. The van der Waals surface area contributed by atoms with Gasteiger partial charge in [-0.25, -0.2) is 0 Å². The number of hydrogen-bond acceptors (Lipinski definition) is 3. The van der Waals surface area contributed by atoms with Crippen molar-refractivity contribution in [3.63, 3.8) is 0 Å². The highest BCUT2D eigenvalue weighted by Crippen LogP contribution is 2.25. The molecule has 1 fully saturated rings. The molecule has 1 saturated heterocycles. The fraction of sp³-hybridized carbons (Fsp3) is 0.345. The van der Waals surface area contributed by atoms with Crippen molar-refractivity contribution in [3.8, 4) is 11.1 Å². The van der Waals surface area contributed by atoms with Gasteiger partial charge in [-0.15, -0.1) is 0 Å². The van der Waals surface area contributed by atoms with E-state index in [2.05, 4.69) is 64.8 Å². The van der Waals surface area contributed by atoms with Crippen LogP contribution in [0.1, 0.15) is 31.4 Å². The van der Waals surface area contributed by atoms with Crippen LogP contribution >= 0.6 is 11.6 Å². The fourth-order valence-corrected chi connectivity index (χ4v) is 5.02. The standard InChI is InChI=1S/C29H34ClN3O/c1-3-32(4-2)29(34)28-18-27(21-33(28)20-23-9-8-12-26(30)17-23)31-19-22-13-15-25(16-14-22)24-10-6-5-7-11-24/h5-17,27-28,31H,3-4,18-21H2,1-2H3/t27-,28+/m1/s1. The topological polar surface area (TPSA) is 35.6 Å². The average molecular weight is 476 g/mol. The van der Waals surface area contributed by atoms with Crippen LogP contribution in [0, 0.1) is 0 Å². The Morgan fingerprint density at radius 3 is 2.32 bits per heavy atom. The van der Waals surface area contributed by atoms with E-state index >= 15 is 0 Å². The molecule has 1 amide bonds. The molecule has 34 heavy (non-hydrogen) atoms. The summed E-state index contributed by atoms with van der Waals surface area (Å²) in [5.41, 5.74) is 4.84. The number of rotatable bonds is 9. The highest BCUT2D eigenvalue weighted by atomic mass is 35.5. The molecule has 0 unspecified atom stereocenters. The maximum absolute atomic E-state index is 13.3. The van der Waals surface area contributed by atoms with Gasteiger partial charge in [-0.3, -0.25) is 9.69 Å². The summed E-state index contributed by atoms with van der Waals surface area (Å²) in [7, 11) is 0. The largest absolute Gasteiger partial charge is 0.342 e. The number of nitrogens with zero attached hydrogens (tertiary/aromatic N) is 2. The molecule has 0 radical (unpaired) electrons. The van der Waals surface area contributed by atoms with Gasteiger partial charge in [0.15, 0.2) is 0 Å². The SMILES string of the molecule is CCN(CC)C(=O)[C@@H]1C[C@@H](NCc2ccc(-c3ccccc3)cc2)CN1Cc1cccc(Cl)c1. The maximum Gasteiger partial charge on any atom is 0.239 e. The van der Waals surface area contributed by atoms with Gasteiger partial charge in [0.25, 0.3) is 0 Å². The first-order valence-corrected chi connectivity index (χ1v) is 12.6. The van der Waals surface area contributed by atoms with E-state index in [0.717, 1.165) is 49.7 Å². The summed E-state index contributed by atoms with van der Waals surface area (Å²) >= 11 is 6.21. The highest BCUT2D eigenvalue weighted by Gasteiger charge is 2.38. The zero-order valence-corrected chi connectivity index (χ0v) is 20.8. The van der Waals surface area contributed by atoms with Crippen LogP contribution in [-0.4, -0.2) is 47.4 Å². The molecule has 4 rings (SSSR count). The second-order valence-corrected chi connectivity index (χ2v) is 9.40. The summed E-state index contributed by atoms with van der Waals surface area (Å²) < 4.78 is 0. The third-order valence-electron chi connectivity index (χ3n) is 6.69. The van der Waals surface area contributed by atoms with Gasteiger partial charge in [-0.2, -0.15) is 0 Å². The lowest BCUT2D eigenvalue weighted by Gasteiger charge is -2.28. The highest BCUT2D eigenvalue weighted by molar-refractivity contribution is 6.30. The molecule has 0 bridgehead atoms. The van der Waals surface area contributed by atoms with E-state index in [4.69, 9.17) is 11.6 Å². The number of halogens is 1. The summed E-state index contributed by atoms with van der Waals surface area (Å²) in [6.45, 7) is 7.93. The molecule has 1 aliphatic heterocycles. The lowest BCUT2D eigenvalue weighted by atomic mass is 10.0. The van der Waals surface area contributed by atoms with Gasteiger partial charge < -0.3 is 10.2 Å². The average Bonchev–Trinajstić information content (AvgIpc) is 3.27. The minimum absolute atomic E-state index is 0.114. The predicted molar refractivity (Wildman–Crippen MR) is 141 cm³/mol. The molecule has 4 nitrogen and oxygen atoms in total. The van der Waals surface area contributed by atoms with Crippen LogP contribution in [-0.2, 0) is 17.9 Å². The van der Waals surface area contributed by atoms with Gasteiger partial charge >= 0.3 is 0 Å². The number of likely N-dealkylation sites (N-methyl/N-ethyl adjacent to an activating group) is 1. The van der Waals surface area contributed by atoms with Crippen molar-refractivity contribution in [2.75, 3.05) is 19.6 Å². The Kier molecular flexibility index (Phi) is 8.39. The summed E-state index contributed by atoms with van der Waals surface area (Å²) in [5, 5.41) is 4.44. The van der Waals surface area contributed by atoms with Gasteiger partial charge in [0.1, 0.15) is 0 Å². The Labute approximate surface area is 208 Å². The minimum atomic E-state index is -0.114. The van der Waals surface area contributed by atoms with Crippen LogP contribution in [0.15, 0.2) is 78.9 Å². The summed E-state index contributed by atoms with van der Waals surface area (Å²) in [6, 6.07) is 27.3. The molecule has 0 spiro atoms. The molecule has 0 aliphatic carbocycles. The Morgan fingerprint density at radius 2 is 1.65 bits per heavy atom. The molecule has 0 aromatic heterocycles. The molecule has 1 N–H and O–H groups in total. The summed E-state index contributed by atoms with van der Waals surface area (Å²) in [6.07, 6.45) is 0.817. The smallest absolute Gasteiger partial charge is 0.239 e. The monoisotopic (exact) mass is 475 g/mol. The van der Waals surface area contributed by atoms with Gasteiger partial charge in [0.2, 0.25) is 5.91 Å². The van der Waals surface area contributed by atoms with E-state index in [1.807, 2.05) is 43.0 Å². The van der Waals surface area contributed by atoms with Crippen LogP contribution in [0.25, 0.3) is 11.1 Å². The zero-order valence-electron chi connectivity index (χ0n) is 20.1. The summed E-state index contributed by atoms with van der Waals surface area (Å²) in [5.74, 6) is 0.226. The van der Waals surface area contributed by atoms with Gasteiger partial charge in [0, 0.05) is 43.8 Å². The summed E-state index contributed by atoms with van der Waals surface area (Å²) in [4.78, 5) is 17.6. The predicted octanol–water partition coefficient (Wildman–Crippen LogP) is 5.61. The minimum Gasteiger partial charge on any atom is -0.342 e. The zero-order chi connectivity index (χ0) is 23.9. The van der Waals surface area contributed by atoms with Crippen molar-refractivity contribution in [1.29, 1.82) is 0 Å². The molecule has 178 valence electrons. The third kappa shape index (κ3) is 6.06.